The highest BCUT2D eigenvalue weighted by Gasteiger charge is 2.41. The first-order valence-electron chi connectivity index (χ1n) is 9.65. The van der Waals surface area contributed by atoms with E-state index in [-0.39, 0.29) is 11.8 Å². The molecule has 0 bridgehead atoms. The summed E-state index contributed by atoms with van der Waals surface area (Å²) in [6.45, 7) is 7.08. The van der Waals surface area contributed by atoms with Crippen LogP contribution >= 0.6 is 0 Å². The van der Waals surface area contributed by atoms with Crippen molar-refractivity contribution in [2.45, 2.75) is 70.6 Å². The fraction of sp³-hybridized carbons (Fsp3) is 0.944. The second kappa shape index (κ2) is 9.21. The van der Waals surface area contributed by atoms with Gasteiger partial charge in [-0.1, -0.05) is 6.92 Å². The smallest absolute Gasteiger partial charge is 0.341 e. The summed E-state index contributed by atoms with van der Waals surface area (Å²) in [7, 11) is 0. The molecule has 2 heterocycles. The number of nitrogens with one attached hydrogen (secondary N) is 1. The Kier molecular flexibility index (Phi) is 7.55. The van der Waals surface area contributed by atoms with Gasteiger partial charge in [0.1, 0.15) is 0 Å². The van der Waals surface area contributed by atoms with Crippen LogP contribution in [0.4, 0.5) is 13.2 Å². The van der Waals surface area contributed by atoms with Gasteiger partial charge in [-0.25, -0.2) is 0 Å². The molecule has 2 unspecified atom stereocenters. The van der Waals surface area contributed by atoms with Gasteiger partial charge in [0.2, 0.25) is 5.91 Å². The van der Waals surface area contributed by atoms with Gasteiger partial charge in [-0.15, -0.1) is 0 Å². The van der Waals surface area contributed by atoms with E-state index < -0.39 is 24.7 Å². The van der Waals surface area contributed by atoms with Crippen molar-refractivity contribution in [2.75, 3.05) is 32.7 Å². The minimum atomic E-state index is -4.21. The zero-order chi connectivity index (χ0) is 18.4. The zero-order valence-electron chi connectivity index (χ0n) is 15.4. The van der Waals surface area contributed by atoms with Crippen molar-refractivity contribution >= 4 is 5.91 Å². The predicted octanol–water partition coefficient (Wildman–Crippen LogP) is 3.03. The lowest BCUT2D eigenvalue weighted by molar-refractivity contribution is -0.156. The molecule has 0 radical (unpaired) electrons. The first kappa shape index (κ1) is 20.5. The van der Waals surface area contributed by atoms with Crippen molar-refractivity contribution in [3.63, 3.8) is 0 Å². The number of likely N-dealkylation sites (N-methyl/N-ethyl adjacent to an activating group) is 1. The van der Waals surface area contributed by atoms with Crippen LogP contribution in [0.25, 0.3) is 0 Å². The molecule has 0 aliphatic carbocycles. The van der Waals surface area contributed by atoms with Crippen LogP contribution in [0.15, 0.2) is 0 Å². The predicted molar refractivity (Wildman–Crippen MR) is 92.3 cm³/mol. The molecule has 0 saturated carbocycles. The maximum atomic E-state index is 13.3. The van der Waals surface area contributed by atoms with Gasteiger partial charge in [0, 0.05) is 19.1 Å². The van der Waals surface area contributed by atoms with Crippen molar-refractivity contribution < 1.29 is 18.0 Å². The molecule has 0 aromatic heterocycles. The normalized spacial score (nSPS) is 22.9. The molecule has 2 rings (SSSR count). The third kappa shape index (κ3) is 5.84. The zero-order valence-corrected chi connectivity index (χ0v) is 15.4. The molecule has 7 heteroatoms. The summed E-state index contributed by atoms with van der Waals surface area (Å²) in [6, 6.07) is -1.11. The number of carbonyl (C=O) groups excluding carboxylic acids is 1. The number of piperidine rings is 2. The molecule has 4 nitrogen and oxygen atoms in total. The van der Waals surface area contributed by atoms with Gasteiger partial charge in [-0.05, 0) is 64.6 Å². The highest BCUT2D eigenvalue weighted by molar-refractivity contribution is 5.82. The lowest BCUT2D eigenvalue weighted by Gasteiger charge is -2.43. The van der Waals surface area contributed by atoms with E-state index in [1.807, 2.05) is 11.8 Å². The van der Waals surface area contributed by atoms with Gasteiger partial charge in [0.25, 0.3) is 0 Å². The monoisotopic (exact) mass is 363 g/mol. The Balaban J connectivity index is 2.19. The van der Waals surface area contributed by atoms with E-state index in [0.29, 0.717) is 6.54 Å². The summed E-state index contributed by atoms with van der Waals surface area (Å²) in [5, 5.41) is 3.29. The summed E-state index contributed by atoms with van der Waals surface area (Å²) < 4.78 is 38.8. The largest absolute Gasteiger partial charge is 0.390 e. The van der Waals surface area contributed by atoms with E-state index in [0.717, 1.165) is 58.3 Å². The van der Waals surface area contributed by atoms with Crippen LogP contribution in [0.3, 0.4) is 0 Å². The van der Waals surface area contributed by atoms with Crippen LogP contribution in [-0.2, 0) is 4.79 Å². The quantitative estimate of drug-likeness (QED) is 0.788. The molecule has 0 aromatic rings. The Morgan fingerprint density at radius 3 is 2.32 bits per heavy atom. The standard InChI is InChI=1S/C18H32F3N3O/c1-3-24(14(2)13-18(19,20)21)16(15-7-9-22-10-8-15)17(25)23-11-5-4-6-12-23/h14-16,22H,3-13H2,1-2H3. The molecule has 1 N–H and O–H groups in total. The van der Waals surface area contributed by atoms with Crippen LogP contribution in [0.5, 0.6) is 0 Å². The summed E-state index contributed by atoms with van der Waals surface area (Å²) >= 11 is 0. The average molecular weight is 363 g/mol. The van der Waals surface area contributed by atoms with Crippen molar-refractivity contribution in [1.29, 1.82) is 0 Å². The van der Waals surface area contributed by atoms with E-state index in [1.54, 1.807) is 11.8 Å². The van der Waals surface area contributed by atoms with Crippen LogP contribution < -0.4 is 5.32 Å². The molecule has 0 aromatic carbocycles. The van der Waals surface area contributed by atoms with Gasteiger partial charge in [-0.2, -0.15) is 13.2 Å². The molecule has 2 aliphatic heterocycles. The summed E-state index contributed by atoms with van der Waals surface area (Å²) in [5.74, 6) is 0.175. The number of alkyl halides is 3. The van der Waals surface area contributed by atoms with Gasteiger partial charge < -0.3 is 10.2 Å². The van der Waals surface area contributed by atoms with E-state index >= 15 is 0 Å². The third-order valence-corrected chi connectivity index (χ3v) is 5.57. The van der Waals surface area contributed by atoms with Gasteiger partial charge in [0.05, 0.1) is 12.5 Å². The van der Waals surface area contributed by atoms with Crippen molar-refractivity contribution in [1.82, 2.24) is 15.1 Å². The van der Waals surface area contributed by atoms with E-state index in [1.165, 1.54) is 0 Å². The van der Waals surface area contributed by atoms with Crippen molar-refractivity contribution in [3.05, 3.63) is 0 Å². The molecule has 2 atom stereocenters. The first-order valence-corrected chi connectivity index (χ1v) is 9.65. The fourth-order valence-electron chi connectivity index (χ4n) is 4.31. The molecule has 2 saturated heterocycles. The second-order valence-corrected chi connectivity index (χ2v) is 7.42. The minimum Gasteiger partial charge on any atom is -0.341 e. The van der Waals surface area contributed by atoms with Crippen LogP contribution in [0, 0.1) is 5.92 Å². The number of likely N-dealkylation sites (tertiary alicyclic amines) is 1. The Morgan fingerprint density at radius 2 is 1.80 bits per heavy atom. The van der Waals surface area contributed by atoms with Crippen molar-refractivity contribution in [2.24, 2.45) is 5.92 Å². The van der Waals surface area contributed by atoms with E-state index in [4.69, 9.17) is 0 Å². The highest BCUT2D eigenvalue weighted by atomic mass is 19.4. The minimum absolute atomic E-state index is 0.0440. The van der Waals surface area contributed by atoms with Crippen molar-refractivity contribution in [3.8, 4) is 0 Å². The molecule has 146 valence electrons. The molecular weight excluding hydrogens is 331 g/mol. The maximum absolute atomic E-state index is 13.3. The number of rotatable bonds is 6. The summed E-state index contributed by atoms with van der Waals surface area (Å²) in [5.41, 5.74) is 0. The van der Waals surface area contributed by atoms with Gasteiger partial charge >= 0.3 is 6.18 Å². The number of hydrogen-bond acceptors (Lipinski definition) is 3. The Hall–Kier alpha value is -0.820. The third-order valence-electron chi connectivity index (χ3n) is 5.57. The maximum Gasteiger partial charge on any atom is 0.390 e. The summed E-state index contributed by atoms with van der Waals surface area (Å²) in [6.07, 6.45) is -0.262. The molecule has 0 spiro atoms. The van der Waals surface area contributed by atoms with Crippen LogP contribution in [-0.4, -0.2) is 66.7 Å². The number of carbonyl (C=O) groups is 1. The molecular formula is C18H32F3N3O. The van der Waals surface area contributed by atoms with Gasteiger partial charge in [-0.3, -0.25) is 9.69 Å². The Bertz CT molecular complexity index is 418. The second-order valence-electron chi connectivity index (χ2n) is 7.42. The Morgan fingerprint density at radius 1 is 1.20 bits per heavy atom. The molecule has 2 aliphatic rings. The van der Waals surface area contributed by atoms with Gasteiger partial charge in [0.15, 0.2) is 0 Å². The lowest BCUT2D eigenvalue weighted by Crippen LogP contribution is -2.57. The van der Waals surface area contributed by atoms with Crippen LogP contribution in [0.1, 0.15) is 52.4 Å². The molecule has 25 heavy (non-hydrogen) atoms. The number of nitrogens with zero attached hydrogens (tertiary/aromatic N) is 2. The first-order chi connectivity index (χ1) is 11.8. The number of halogens is 3. The number of amides is 1. The molecule has 1 amide bonds. The van der Waals surface area contributed by atoms with Crippen LogP contribution in [0.2, 0.25) is 0 Å². The average Bonchev–Trinajstić information content (AvgIpc) is 2.59. The van der Waals surface area contributed by atoms with E-state index in [2.05, 4.69) is 5.32 Å². The highest BCUT2D eigenvalue weighted by Crippen LogP contribution is 2.30. The summed E-state index contributed by atoms with van der Waals surface area (Å²) in [4.78, 5) is 16.9. The van der Waals surface area contributed by atoms with E-state index in [9.17, 15) is 18.0 Å². The topological polar surface area (TPSA) is 35.6 Å². The fourth-order valence-corrected chi connectivity index (χ4v) is 4.31. The molecule has 2 fully saturated rings. The Labute approximate surface area is 149 Å². The number of hydrogen-bond donors (Lipinski definition) is 1. The SMILES string of the molecule is CCN(C(C)CC(F)(F)F)C(C(=O)N1CCCCC1)C1CCNCC1. The lowest BCUT2D eigenvalue weighted by atomic mass is 9.86.